The van der Waals surface area contributed by atoms with Crippen LogP contribution in [0.25, 0.3) is 11.1 Å². The van der Waals surface area contributed by atoms with Crippen molar-refractivity contribution in [3.63, 3.8) is 0 Å². The number of carboxylic acids is 1. The normalized spacial score (nSPS) is 12.8. The maximum Gasteiger partial charge on any atom is 0.407 e. The van der Waals surface area contributed by atoms with E-state index < -0.39 is 24.0 Å². The lowest BCUT2D eigenvalue weighted by Crippen LogP contribution is -2.47. The fourth-order valence-corrected chi connectivity index (χ4v) is 4.23. The summed E-state index contributed by atoms with van der Waals surface area (Å²) in [4.78, 5) is 36.3. The Morgan fingerprint density at radius 2 is 1.44 bits per heavy atom. The number of carbonyl (C=O) groups is 3. The first kappa shape index (κ1) is 23.0. The van der Waals surface area contributed by atoms with Gasteiger partial charge in [-0.15, -0.1) is 0 Å². The molecule has 7 nitrogen and oxygen atoms in total. The van der Waals surface area contributed by atoms with Gasteiger partial charge >= 0.3 is 12.1 Å². The van der Waals surface area contributed by atoms with Gasteiger partial charge in [0.05, 0.1) is 0 Å². The summed E-state index contributed by atoms with van der Waals surface area (Å²) in [6, 6.07) is 24.3. The van der Waals surface area contributed by atoms with Crippen LogP contribution in [0.1, 0.15) is 35.4 Å². The van der Waals surface area contributed by atoms with Crippen LogP contribution in [0.4, 0.5) is 4.79 Å². The first-order valence-corrected chi connectivity index (χ1v) is 11.2. The molecule has 4 rings (SSSR count). The summed E-state index contributed by atoms with van der Waals surface area (Å²) in [7, 11) is 0. The van der Waals surface area contributed by atoms with Crippen molar-refractivity contribution in [1.82, 2.24) is 10.6 Å². The molecule has 0 heterocycles. The molecule has 3 aromatic carbocycles. The van der Waals surface area contributed by atoms with Crippen LogP contribution in [0.2, 0.25) is 0 Å². The monoisotopic (exact) mass is 458 g/mol. The van der Waals surface area contributed by atoms with Crippen LogP contribution in [-0.2, 0) is 20.9 Å². The number of hydrogen-bond acceptors (Lipinski definition) is 4. The molecule has 2 amide bonds. The zero-order valence-electron chi connectivity index (χ0n) is 18.6. The summed E-state index contributed by atoms with van der Waals surface area (Å²) < 4.78 is 5.51. The number of alkyl carbamates (subject to hydrolysis) is 1. The summed E-state index contributed by atoms with van der Waals surface area (Å²) in [6.45, 7) is 0.382. The van der Waals surface area contributed by atoms with Gasteiger partial charge < -0.3 is 20.5 Å². The topological polar surface area (TPSA) is 105 Å². The molecule has 0 unspecified atom stereocenters. The minimum atomic E-state index is -1.05. The lowest BCUT2D eigenvalue weighted by molar-refractivity contribution is -0.137. The number of amides is 2. The highest BCUT2D eigenvalue weighted by Gasteiger charge is 2.30. The Kier molecular flexibility index (Phi) is 7.22. The summed E-state index contributed by atoms with van der Waals surface area (Å²) in [6.07, 6.45) is -1.06. The van der Waals surface area contributed by atoms with Gasteiger partial charge in [0, 0.05) is 18.9 Å². The molecule has 1 atom stereocenters. The zero-order chi connectivity index (χ0) is 23.9. The van der Waals surface area contributed by atoms with Crippen molar-refractivity contribution in [3.05, 3.63) is 95.6 Å². The Morgan fingerprint density at radius 3 is 2.06 bits per heavy atom. The van der Waals surface area contributed by atoms with Crippen LogP contribution in [-0.4, -0.2) is 35.7 Å². The van der Waals surface area contributed by atoms with Crippen molar-refractivity contribution < 1.29 is 24.2 Å². The Morgan fingerprint density at radius 1 is 0.853 bits per heavy atom. The van der Waals surface area contributed by atoms with Gasteiger partial charge in [0.25, 0.3) is 0 Å². The molecule has 0 radical (unpaired) electrons. The highest BCUT2D eigenvalue weighted by atomic mass is 16.5. The summed E-state index contributed by atoms with van der Waals surface area (Å²) in [5.41, 5.74) is 5.30. The number of ether oxygens (including phenoxy) is 1. The number of rotatable bonds is 9. The summed E-state index contributed by atoms with van der Waals surface area (Å²) >= 11 is 0. The number of hydrogen-bond donors (Lipinski definition) is 3. The smallest absolute Gasteiger partial charge is 0.407 e. The predicted molar refractivity (Wildman–Crippen MR) is 127 cm³/mol. The molecule has 3 aromatic rings. The van der Waals surface area contributed by atoms with Crippen LogP contribution in [0.3, 0.4) is 0 Å². The van der Waals surface area contributed by atoms with Crippen molar-refractivity contribution in [2.24, 2.45) is 0 Å². The molecule has 0 fully saturated rings. The molecular formula is C27H26N2O5. The largest absolute Gasteiger partial charge is 0.481 e. The molecule has 0 spiro atoms. The Hall–Kier alpha value is -4.13. The van der Waals surface area contributed by atoms with Crippen LogP contribution < -0.4 is 10.6 Å². The first-order valence-electron chi connectivity index (χ1n) is 11.2. The minimum Gasteiger partial charge on any atom is -0.481 e. The molecule has 0 aromatic heterocycles. The van der Waals surface area contributed by atoms with E-state index >= 15 is 0 Å². The Labute approximate surface area is 197 Å². The number of aliphatic carboxylic acids is 1. The third-order valence-corrected chi connectivity index (χ3v) is 5.91. The fraction of sp³-hybridized carbons (Fsp3) is 0.222. The van der Waals surface area contributed by atoms with Crippen LogP contribution in [0.15, 0.2) is 78.9 Å². The molecule has 0 bridgehead atoms. The number of benzene rings is 3. The van der Waals surface area contributed by atoms with E-state index in [4.69, 9.17) is 9.84 Å². The van der Waals surface area contributed by atoms with E-state index in [9.17, 15) is 14.4 Å². The minimum absolute atomic E-state index is 0.0415. The van der Waals surface area contributed by atoms with Crippen molar-refractivity contribution in [2.45, 2.75) is 31.3 Å². The summed E-state index contributed by atoms with van der Waals surface area (Å²) in [5, 5.41) is 14.3. The van der Waals surface area contributed by atoms with Crippen LogP contribution in [0, 0.1) is 0 Å². The molecule has 1 aliphatic rings. The van der Waals surface area contributed by atoms with Gasteiger partial charge in [-0.25, -0.2) is 4.79 Å². The lowest BCUT2D eigenvalue weighted by Gasteiger charge is -2.19. The average molecular weight is 459 g/mol. The second kappa shape index (κ2) is 10.7. The SMILES string of the molecule is O=C(O)CC[C@H](NC(=O)OCC1c2ccccc2-c2ccccc21)C(=O)NCc1ccccc1. The van der Waals surface area contributed by atoms with Gasteiger partial charge in [-0.1, -0.05) is 78.9 Å². The highest BCUT2D eigenvalue weighted by Crippen LogP contribution is 2.44. The van der Waals surface area contributed by atoms with Crippen molar-refractivity contribution in [1.29, 1.82) is 0 Å². The van der Waals surface area contributed by atoms with Gasteiger partial charge in [-0.05, 0) is 34.2 Å². The van der Waals surface area contributed by atoms with Gasteiger partial charge in [0.1, 0.15) is 12.6 Å². The molecule has 34 heavy (non-hydrogen) atoms. The van der Waals surface area contributed by atoms with Gasteiger partial charge in [0.2, 0.25) is 5.91 Å². The van der Waals surface area contributed by atoms with E-state index in [1.807, 2.05) is 78.9 Å². The fourth-order valence-electron chi connectivity index (χ4n) is 4.23. The van der Waals surface area contributed by atoms with Crippen molar-refractivity contribution in [3.8, 4) is 11.1 Å². The van der Waals surface area contributed by atoms with E-state index in [1.165, 1.54) is 0 Å². The lowest BCUT2D eigenvalue weighted by atomic mass is 9.98. The number of carboxylic acid groups (broad SMARTS) is 1. The third-order valence-electron chi connectivity index (χ3n) is 5.91. The molecule has 1 aliphatic carbocycles. The van der Waals surface area contributed by atoms with E-state index in [2.05, 4.69) is 10.6 Å². The van der Waals surface area contributed by atoms with E-state index in [1.54, 1.807) is 0 Å². The predicted octanol–water partition coefficient (Wildman–Crippen LogP) is 4.07. The third kappa shape index (κ3) is 5.43. The van der Waals surface area contributed by atoms with Crippen LogP contribution >= 0.6 is 0 Å². The van der Waals surface area contributed by atoms with E-state index in [0.29, 0.717) is 0 Å². The molecule has 174 valence electrons. The Balaban J connectivity index is 1.39. The maximum absolute atomic E-state index is 12.7. The number of fused-ring (bicyclic) bond motifs is 3. The zero-order valence-corrected chi connectivity index (χ0v) is 18.6. The molecule has 0 aliphatic heterocycles. The maximum atomic E-state index is 12.7. The molecule has 0 saturated heterocycles. The number of carbonyl (C=O) groups excluding carboxylic acids is 2. The van der Waals surface area contributed by atoms with Gasteiger partial charge in [-0.3, -0.25) is 9.59 Å². The van der Waals surface area contributed by atoms with Crippen molar-refractivity contribution >= 4 is 18.0 Å². The van der Waals surface area contributed by atoms with Crippen molar-refractivity contribution in [2.75, 3.05) is 6.61 Å². The quantitative estimate of drug-likeness (QED) is 0.448. The summed E-state index contributed by atoms with van der Waals surface area (Å²) in [5.74, 6) is -1.61. The molecule has 0 saturated carbocycles. The number of nitrogens with one attached hydrogen (secondary N) is 2. The highest BCUT2D eigenvalue weighted by molar-refractivity contribution is 5.86. The molecule has 3 N–H and O–H groups in total. The van der Waals surface area contributed by atoms with Gasteiger partial charge in [-0.2, -0.15) is 0 Å². The Bertz CT molecular complexity index is 1130. The second-order valence-corrected chi connectivity index (χ2v) is 8.16. The standard InChI is InChI=1S/C27H26N2O5/c30-25(31)15-14-24(26(32)28-16-18-8-2-1-3-9-18)29-27(33)34-17-23-21-12-6-4-10-19(21)20-11-5-7-13-22(20)23/h1-13,23-24H,14-17H2,(H,28,32)(H,29,33)(H,30,31)/t24-/m0/s1. The van der Waals surface area contributed by atoms with E-state index in [-0.39, 0.29) is 31.9 Å². The molecule has 7 heteroatoms. The second-order valence-electron chi connectivity index (χ2n) is 8.16. The average Bonchev–Trinajstić information content (AvgIpc) is 3.18. The first-order chi connectivity index (χ1) is 16.5. The van der Waals surface area contributed by atoms with Crippen LogP contribution in [0.5, 0.6) is 0 Å². The van der Waals surface area contributed by atoms with E-state index in [0.717, 1.165) is 27.8 Å². The van der Waals surface area contributed by atoms with Gasteiger partial charge in [0.15, 0.2) is 0 Å². The molecular weight excluding hydrogens is 432 g/mol.